The number of hydrogen-bond donors (Lipinski definition) is 2. The Morgan fingerprint density at radius 2 is 2.13 bits per heavy atom. The molecule has 0 aromatic carbocycles. The normalized spacial score (nSPS) is 14.1. The summed E-state index contributed by atoms with van der Waals surface area (Å²) in [5.74, 6) is 0. The molecule has 0 amide bonds. The first kappa shape index (κ1) is 12.7. The largest absolute Gasteiger partial charge is 0.311 e. The molecule has 1 aromatic rings. The molecule has 0 aliphatic heterocycles. The van der Waals surface area contributed by atoms with Crippen LogP contribution in [0.4, 0.5) is 0 Å². The van der Waals surface area contributed by atoms with Crippen LogP contribution in [0.2, 0.25) is 0 Å². The van der Waals surface area contributed by atoms with Crippen molar-refractivity contribution in [3.63, 3.8) is 0 Å². The topological polar surface area (TPSA) is 24.1 Å². The van der Waals surface area contributed by atoms with Gasteiger partial charge in [-0.05, 0) is 39.1 Å². The highest BCUT2D eigenvalue weighted by atomic mass is 32.1. The lowest BCUT2D eigenvalue weighted by molar-refractivity contribution is 0.388. The van der Waals surface area contributed by atoms with Crippen molar-refractivity contribution in [2.45, 2.75) is 45.8 Å². The van der Waals surface area contributed by atoms with Gasteiger partial charge in [0, 0.05) is 29.5 Å². The monoisotopic (exact) mass is 226 g/mol. The molecule has 1 atom stereocenters. The van der Waals surface area contributed by atoms with Gasteiger partial charge < -0.3 is 10.6 Å². The molecule has 1 rings (SSSR count). The third-order valence-electron chi connectivity index (χ3n) is 2.14. The lowest BCUT2D eigenvalue weighted by atomic mass is 10.1. The van der Waals surface area contributed by atoms with Crippen molar-refractivity contribution >= 4 is 11.3 Å². The summed E-state index contributed by atoms with van der Waals surface area (Å²) >= 11 is 1.81. The summed E-state index contributed by atoms with van der Waals surface area (Å²) in [4.78, 5) is 1.40. The zero-order chi connectivity index (χ0) is 11.3. The fourth-order valence-electron chi connectivity index (χ4n) is 1.22. The molecule has 0 radical (unpaired) electrons. The van der Waals surface area contributed by atoms with Gasteiger partial charge in [-0.25, -0.2) is 0 Å². The third kappa shape index (κ3) is 5.92. The highest BCUT2D eigenvalue weighted by Crippen LogP contribution is 2.07. The lowest BCUT2D eigenvalue weighted by Gasteiger charge is -2.23. The minimum atomic E-state index is 0.207. The molecule has 1 heterocycles. The van der Waals surface area contributed by atoms with E-state index in [0.29, 0.717) is 6.04 Å². The van der Waals surface area contributed by atoms with Gasteiger partial charge in [-0.1, -0.05) is 6.07 Å². The second-order valence-electron chi connectivity index (χ2n) is 4.99. The van der Waals surface area contributed by atoms with Crippen molar-refractivity contribution < 1.29 is 0 Å². The minimum absolute atomic E-state index is 0.207. The summed E-state index contributed by atoms with van der Waals surface area (Å²) in [6.45, 7) is 10.8. The van der Waals surface area contributed by atoms with E-state index in [9.17, 15) is 0 Å². The van der Waals surface area contributed by atoms with E-state index >= 15 is 0 Å². The molecule has 15 heavy (non-hydrogen) atoms. The first-order chi connectivity index (χ1) is 6.97. The molecule has 86 valence electrons. The van der Waals surface area contributed by atoms with Crippen LogP contribution in [0.3, 0.4) is 0 Å². The summed E-state index contributed by atoms with van der Waals surface area (Å²) in [7, 11) is 0. The molecule has 1 aromatic heterocycles. The Labute approximate surface area is 97.1 Å². The second-order valence-corrected chi connectivity index (χ2v) is 6.02. The maximum absolute atomic E-state index is 3.51. The summed E-state index contributed by atoms with van der Waals surface area (Å²) in [5.41, 5.74) is 0.207. The zero-order valence-corrected chi connectivity index (χ0v) is 10.9. The molecule has 1 unspecified atom stereocenters. The molecule has 0 fully saturated rings. The summed E-state index contributed by atoms with van der Waals surface area (Å²) in [5, 5.41) is 9.12. The van der Waals surface area contributed by atoms with E-state index in [1.54, 1.807) is 11.3 Å². The highest BCUT2D eigenvalue weighted by molar-refractivity contribution is 7.09. The fourth-order valence-corrected chi connectivity index (χ4v) is 1.88. The average Bonchev–Trinajstić information content (AvgIpc) is 2.62. The molecule has 0 saturated carbocycles. The second kappa shape index (κ2) is 5.64. The van der Waals surface area contributed by atoms with Gasteiger partial charge in [0.15, 0.2) is 0 Å². The molecule has 3 heteroatoms. The number of hydrogen-bond acceptors (Lipinski definition) is 3. The van der Waals surface area contributed by atoms with E-state index in [1.165, 1.54) is 4.88 Å². The van der Waals surface area contributed by atoms with Crippen LogP contribution in [0.1, 0.15) is 32.6 Å². The zero-order valence-electron chi connectivity index (χ0n) is 10.1. The quantitative estimate of drug-likeness (QED) is 0.806. The fraction of sp³-hybridized carbons (Fsp3) is 0.667. The number of nitrogens with one attached hydrogen (secondary N) is 2. The third-order valence-corrected chi connectivity index (χ3v) is 3.02. The smallest absolute Gasteiger partial charge is 0.0302 e. The van der Waals surface area contributed by atoms with Crippen LogP contribution < -0.4 is 10.6 Å². The summed E-state index contributed by atoms with van der Waals surface area (Å²) in [6, 6.07) is 4.77. The molecule has 0 aliphatic rings. The maximum atomic E-state index is 3.51. The van der Waals surface area contributed by atoms with Crippen molar-refractivity contribution in [2.75, 3.05) is 6.54 Å². The molecular formula is C12H22N2S. The van der Waals surface area contributed by atoms with Crippen LogP contribution in [0, 0.1) is 0 Å². The van der Waals surface area contributed by atoms with Crippen LogP contribution in [0.25, 0.3) is 0 Å². The first-order valence-electron chi connectivity index (χ1n) is 5.48. The van der Waals surface area contributed by atoms with Gasteiger partial charge in [-0.15, -0.1) is 11.3 Å². The van der Waals surface area contributed by atoms with E-state index in [1.807, 2.05) is 0 Å². The molecule has 0 spiro atoms. The van der Waals surface area contributed by atoms with Gasteiger partial charge in [0.25, 0.3) is 0 Å². The first-order valence-corrected chi connectivity index (χ1v) is 6.36. The molecule has 2 N–H and O–H groups in total. The Bertz CT molecular complexity index is 262. The van der Waals surface area contributed by atoms with E-state index in [4.69, 9.17) is 0 Å². The predicted octanol–water partition coefficient (Wildman–Crippen LogP) is 2.61. The van der Waals surface area contributed by atoms with Crippen LogP contribution in [-0.2, 0) is 6.54 Å². The van der Waals surface area contributed by atoms with Gasteiger partial charge in [0.2, 0.25) is 0 Å². The SMILES string of the molecule is CC(CNC(C)(C)C)NCc1cccs1. The molecular weight excluding hydrogens is 204 g/mol. The summed E-state index contributed by atoms with van der Waals surface area (Å²) < 4.78 is 0. The van der Waals surface area contributed by atoms with Gasteiger partial charge in [-0.3, -0.25) is 0 Å². The average molecular weight is 226 g/mol. The minimum Gasteiger partial charge on any atom is -0.311 e. The van der Waals surface area contributed by atoms with E-state index < -0.39 is 0 Å². The van der Waals surface area contributed by atoms with Crippen molar-refractivity contribution in [3.8, 4) is 0 Å². The van der Waals surface area contributed by atoms with E-state index in [2.05, 4.69) is 55.8 Å². The van der Waals surface area contributed by atoms with Crippen molar-refractivity contribution in [2.24, 2.45) is 0 Å². The van der Waals surface area contributed by atoms with Gasteiger partial charge in [-0.2, -0.15) is 0 Å². The molecule has 0 bridgehead atoms. The Morgan fingerprint density at radius 3 is 2.67 bits per heavy atom. The standard InChI is InChI=1S/C12H22N2S/c1-10(8-14-12(2,3)4)13-9-11-6-5-7-15-11/h5-7,10,13-14H,8-9H2,1-4H3. The van der Waals surface area contributed by atoms with Crippen LogP contribution in [0.15, 0.2) is 17.5 Å². The van der Waals surface area contributed by atoms with E-state index in [0.717, 1.165) is 13.1 Å². The number of rotatable bonds is 5. The highest BCUT2D eigenvalue weighted by Gasteiger charge is 2.10. The van der Waals surface area contributed by atoms with Crippen molar-refractivity contribution in [1.29, 1.82) is 0 Å². The van der Waals surface area contributed by atoms with Crippen molar-refractivity contribution in [3.05, 3.63) is 22.4 Å². The van der Waals surface area contributed by atoms with Gasteiger partial charge in [0.1, 0.15) is 0 Å². The Balaban J connectivity index is 2.16. The van der Waals surface area contributed by atoms with Gasteiger partial charge >= 0.3 is 0 Å². The van der Waals surface area contributed by atoms with Crippen molar-refractivity contribution in [1.82, 2.24) is 10.6 Å². The Kier molecular flexibility index (Phi) is 4.77. The van der Waals surface area contributed by atoms with Gasteiger partial charge in [0.05, 0.1) is 0 Å². The molecule has 2 nitrogen and oxygen atoms in total. The predicted molar refractivity (Wildman–Crippen MR) is 68.4 cm³/mol. The maximum Gasteiger partial charge on any atom is 0.0302 e. The van der Waals surface area contributed by atoms with Crippen LogP contribution >= 0.6 is 11.3 Å². The molecule has 0 saturated heterocycles. The van der Waals surface area contributed by atoms with Crippen LogP contribution in [-0.4, -0.2) is 18.1 Å². The Morgan fingerprint density at radius 1 is 1.40 bits per heavy atom. The van der Waals surface area contributed by atoms with E-state index in [-0.39, 0.29) is 5.54 Å². The molecule has 0 aliphatic carbocycles. The summed E-state index contributed by atoms with van der Waals surface area (Å²) in [6.07, 6.45) is 0. The number of thiophene rings is 1. The van der Waals surface area contributed by atoms with Crippen LogP contribution in [0.5, 0.6) is 0 Å². The Hall–Kier alpha value is -0.380. The lowest BCUT2D eigenvalue weighted by Crippen LogP contribution is -2.44.